The molecule has 0 spiro atoms. The van der Waals surface area contributed by atoms with E-state index in [-0.39, 0.29) is 29.0 Å². The Morgan fingerprint density at radius 3 is 2.35 bits per heavy atom. The van der Waals surface area contributed by atoms with Gasteiger partial charge in [0, 0.05) is 0 Å². The molecule has 0 amide bonds. The highest BCUT2D eigenvalue weighted by Crippen LogP contribution is 2.57. The normalized spacial score (nSPS) is 17.5. The van der Waals surface area contributed by atoms with E-state index in [1.54, 1.807) is 0 Å². The number of rotatable bonds is 3. The molecule has 0 atom stereocenters. The van der Waals surface area contributed by atoms with E-state index in [0.717, 1.165) is 6.07 Å². The summed E-state index contributed by atoms with van der Waals surface area (Å²) in [5.74, 6) is -0.188. The summed E-state index contributed by atoms with van der Waals surface area (Å²) in [6.07, 6.45) is -9.23. The number of halogens is 7. The molecule has 0 saturated heterocycles. The Labute approximate surface area is 133 Å². The van der Waals surface area contributed by atoms with Crippen LogP contribution < -0.4 is 4.74 Å². The lowest BCUT2D eigenvalue weighted by Gasteiger charge is -2.19. The smallest absolute Gasteiger partial charge is 0.433 e. The Bertz CT molecular complexity index is 750. The van der Waals surface area contributed by atoms with Crippen molar-refractivity contribution < 1.29 is 31.1 Å². The second kappa shape index (κ2) is 4.99. The molecule has 0 radical (unpaired) electrons. The molecule has 0 aromatic carbocycles. The van der Waals surface area contributed by atoms with Crippen LogP contribution in [0.4, 0.5) is 26.3 Å². The number of hydrogen-bond donors (Lipinski definition) is 0. The zero-order valence-electron chi connectivity index (χ0n) is 11.2. The quantitative estimate of drug-likeness (QED) is 0.719. The molecule has 11 heteroatoms. The maximum absolute atomic E-state index is 12.9. The maximum atomic E-state index is 12.9. The molecule has 1 saturated carbocycles. The molecule has 23 heavy (non-hydrogen) atoms. The van der Waals surface area contributed by atoms with Gasteiger partial charge in [0.2, 0.25) is 4.73 Å². The van der Waals surface area contributed by atoms with E-state index in [4.69, 9.17) is 4.74 Å². The molecule has 3 rings (SSSR count). The van der Waals surface area contributed by atoms with Crippen molar-refractivity contribution in [2.45, 2.75) is 25.2 Å². The van der Waals surface area contributed by atoms with Gasteiger partial charge in [0.05, 0.1) is 0 Å². The summed E-state index contributed by atoms with van der Waals surface area (Å²) in [4.78, 5) is 3.73. The van der Waals surface area contributed by atoms with Crippen molar-refractivity contribution in [3.63, 3.8) is 0 Å². The first-order valence-electron chi connectivity index (χ1n) is 6.36. The Morgan fingerprint density at radius 2 is 1.83 bits per heavy atom. The molecular formula is C12H8BrF6N3O. The summed E-state index contributed by atoms with van der Waals surface area (Å²) >= 11 is 2.85. The van der Waals surface area contributed by atoms with E-state index in [1.165, 1.54) is 0 Å². The minimum Gasteiger partial charge on any atom is -0.489 e. The molecule has 0 unspecified atom stereocenters. The highest BCUT2D eigenvalue weighted by molar-refractivity contribution is 9.10. The van der Waals surface area contributed by atoms with Gasteiger partial charge in [-0.15, -0.1) is 5.10 Å². The fourth-order valence-electron chi connectivity index (χ4n) is 2.12. The van der Waals surface area contributed by atoms with Crippen LogP contribution in [0, 0.1) is 5.41 Å². The first-order valence-corrected chi connectivity index (χ1v) is 7.15. The van der Waals surface area contributed by atoms with Crippen molar-refractivity contribution in [3.8, 4) is 5.75 Å². The van der Waals surface area contributed by atoms with Crippen LogP contribution in [0.3, 0.4) is 0 Å². The summed E-state index contributed by atoms with van der Waals surface area (Å²) < 4.78 is 82.8. The number of nitrogens with zero attached hydrogens (tertiary/aromatic N) is 3. The third-order valence-electron chi connectivity index (χ3n) is 3.67. The summed E-state index contributed by atoms with van der Waals surface area (Å²) in [5.41, 5.74) is -3.33. The zero-order valence-corrected chi connectivity index (χ0v) is 12.8. The van der Waals surface area contributed by atoms with Crippen molar-refractivity contribution in [1.82, 2.24) is 14.6 Å². The minimum absolute atomic E-state index is 0.0657. The molecule has 1 aliphatic carbocycles. The third-order valence-corrected chi connectivity index (χ3v) is 4.01. The Balaban J connectivity index is 1.94. The second-order valence-corrected chi connectivity index (χ2v) is 5.97. The van der Waals surface area contributed by atoms with Gasteiger partial charge in [0.15, 0.2) is 11.4 Å². The van der Waals surface area contributed by atoms with Crippen LogP contribution in [0.1, 0.15) is 18.5 Å². The van der Waals surface area contributed by atoms with Crippen LogP contribution in [0.2, 0.25) is 0 Å². The molecule has 0 bridgehead atoms. The molecule has 1 aliphatic rings. The molecule has 2 aromatic rings. The standard InChI is InChI=1S/C12H8BrF6N3O/c13-9-20-8-6(23-5-10(3-4-10)12(17,18)19)1-2-7(11(14,15)16)22(8)21-9/h1-2H,3-5H2. The number of hydrogen-bond acceptors (Lipinski definition) is 3. The van der Waals surface area contributed by atoms with E-state index in [0.29, 0.717) is 10.6 Å². The fraction of sp³-hybridized carbons (Fsp3) is 0.500. The molecule has 1 fully saturated rings. The lowest BCUT2D eigenvalue weighted by Crippen LogP contribution is -2.30. The van der Waals surface area contributed by atoms with Gasteiger partial charge in [-0.3, -0.25) is 0 Å². The van der Waals surface area contributed by atoms with Gasteiger partial charge in [-0.2, -0.15) is 31.3 Å². The highest BCUT2D eigenvalue weighted by Gasteiger charge is 2.64. The molecule has 126 valence electrons. The van der Waals surface area contributed by atoms with E-state index in [9.17, 15) is 26.3 Å². The Morgan fingerprint density at radius 1 is 1.17 bits per heavy atom. The first kappa shape index (κ1) is 16.3. The van der Waals surface area contributed by atoms with Crippen molar-refractivity contribution in [3.05, 3.63) is 22.6 Å². The number of ether oxygens (including phenoxy) is 1. The van der Waals surface area contributed by atoms with Gasteiger partial charge in [-0.25, -0.2) is 4.52 Å². The highest BCUT2D eigenvalue weighted by atomic mass is 79.9. The summed E-state index contributed by atoms with van der Waals surface area (Å²) in [7, 11) is 0. The number of aromatic nitrogens is 3. The van der Waals surface area contributed by atoms with Crippen LogP contribution >= 0.6 is 15.9 Å². The van der Waals surface area contributed by atoms with Gasteiger partial charge in [0.25, 0.3) is 0 Å². The lowest BCUT2D eigenvalue weighted by molar-refractivity contribution is -0.194. The number of fused-ring (bicyclic) bond motifs is 1. The van der Waals surface area contributed by atoms with Gasteiger partial charge in [-0.1, -0.05) is 0 Å². The van der Waals surface area contributed by atoms with Crippen molar-refractivity contribution >= 4 is 21.6 Å². The van der Waals surface area contributed by atoms with E-state index >= 15 is 0 Å². The summed E-state index contributed by atoms with van der Waals surface area (Å²) in [5, 5.41) is 3.55. The van der Waals surface area contributed by atoms with Crippen molar-refractivity contribution in [1.29, 1.82) is 0 Å². The molecule has 0 N–H and O–H groups in total. The first-order chi connectivity index (χ1) is 10.5. The monoisotopic (exact) mass is 403 g/mol. The molecule has 2 heterocycles. The average molecular weight is 404 g/mol. The van der Waals surface area contributed by atoms with E-state index in [1.807, 2.05) is 0 Å². The Hall–Kier alpha value is -1.52. The third kappa shape index (κ3) is 2.86. The van der Waals surface area contributed by atoms with E-state index in [2.05, 4.69) is 26.0 Å². The van der Waals surface area contributed by atoms with Gasteiger partial charge >= 0.3 is 12.4 Å². The van der Waals surface area contributed by atoms with Crippen LogP contribution in [-0.2, 0) is 6.18 Å². The maximum Gasteiger partial charge on any atom is 0.433 e. The van der Waals surface area contributed by atoms with Crippen LogP contribution in [0.15, 0.2) is 16.9 Å². The van der Waals surface area contributed by atoms with Gasteiger partial charge in [-0.05, 0) is 40.9 Å². The zero-order chi connectivity index (χ0) is 17.0. The van der Waals surface area contributed by atoms with Crippen molar-refractivity contribution in [2.24, 2.45) is 5.41 Å². The summed E-state index contributed by atoms with van der Waals surface area (Å²) in [6, 6.07) is 1.64. The summed E-state index contributed by atoms with van der Waals surface area (Å²) in [6.45, 7) is -0.665. The topological polar surface area (TPSA) is 39.4 Å². The average Bonchev–Trinajstić information content (AvgIpc) is 3.10. The predicted molar refractivity (Wildman–Crippen MR) is 68.9 cm³/mol. The fourth-order valence-corrected chi connectivity index (χ4v) is 2.44. The SMILES string of the molecule is FC(F)(F)c1ccc(OCC2(C(F)(F)F)CC2)c2nc(Br)nn12. The van der Waals surface area contributed by atoms with Crippen molar-refractivity contribution in [2.75, 3.05) is 6.61 Å². The minimum atomic E-state index is -4.69. The molecular weight excluding hydrogens is 396 g/mol. The lowest BCUT2D eigenvalue weighted by atomic mass is 10.1. The molecule has 0 aliphatic heterocycles. The molecule has 4 nitrogen and oxygen atoms in total. The van der Waals surface area contributed by atoms with Gasteiger partial charge in [0.1, 0.15) is 17.7 Å². The second-order valence-electron chi connectivity index (χ2n) is 5.26. The largest absolute Gasteiger partial charge is 0.489 e. The van der Waals surface area contributed by atoms with Crippen LogP contribution in [-0.4, -0.2) is 27.4 Å². The Kier molecular flexibility index (Phi) is 3.54. The van der Waals surface area contributed by atoms with Gasteiger partial charge < -0.3 is 4.74 Å². The number of pyridine rings is 1. The number of alkyl halides is 6. The molecule has 2 aromatic heterocycles. The van der Waals surface area contributed by atoms with Crippen LogP contribution in [0.25, 0.3) is 5.65 Å². The predicted octanol–water partition coefficient (Wildman–Crippen LogP) is 4.23. The van der Waals surface area contributed by atoms with E-state index < -0.39 is 30.1 Å². The van der Waals surface area contributed by atoms with Crippen LogP contribution in [0.5, 0.6) is 5.75 Å².